The summed E-state index contributed by atoms with van der Waals surface area (Å²) >= 11 is 0. The Bertz CT molecular complexity index is 641. The Morgan fingerprint density at radius 1 is 1.26 bits per heavy atom. The molecule has 122 valence electrons. The first-order valence-corrected chi connectivity index (χ1v) is 8.37. The maximum Gasteiger partial charge on any atom is 0.147 e. The fourth-order valence-electron chi connectivity index (χ4n) is 3.03. The van der Waals surface area contributed by atoms with Crippen LogP contribution in [0.2, 0.25) is 0 Å². The van der Waals surface area contributed by atoms with Crippen molar-refractivity contribution >= 4 is 6.08 Å². The number of nitrogens with two attached hydrogens (primary N) is 1. The van der Waals surface area contributed by atoms with Crippen molar-refractivity contribution in [1.82, 2.24) is 20.1 Å². The van der Waals surface area contributed by atoms with E-state index >= 15 is 0 Å². The molecule has 0 unspecified atom stereocenters. The number of hydrogen-bond donors (Lipinski definition) is 2. The van der Waals surface area contributed by atoms with Gasteiger partial charge in [-0.25, -0.2) is 0 Å². The highest BCUT2D eigenvalue weighted by molar-refractivity contribution is 5.48. The van der Waals surface area contributed by atoms with Crippen LogP contribution in [-0.2, 0) is 13.1 Å². The largest absolute Gasteiger partial charge is 0.328 e. The van der Waals surface area contributed by atoms with E-state index in [4.69, 9.17) is 5.73 Å². The average molecular weight is 311 g/mol. The van der Waals surface area contributed by atoms with Gasteiger partial charge in [0.25, 0.3) is 0 Å². The lowest BCUT2D eigenvalue weighted by Crippen LogP contribution is -2.36. The number of benzene rings is 1. The van der Waals surface area contributed by atoms with Gasteiger partial charge in [-0.05, 0) is 25.3 Å². The lowest BCUT2D eigenvalue weighted by Gasteiger charge is -2.31. The van der Waals surface area contributed by atoms with Crippen LogP contribution in [0.15, 0.2) is 36.4 Å². The topological polar surface area (TPSA) is 68.8 Å². The zero-order chi connectivity index (χ0) is 16.1. The Morgan fingerprint density at radius 3 is 2.74 bits per heavy atom. The normalized spacial score (nSPS) is 20.8. The zero-order valence-electron chi connectivity index (χ0n) is 13.7. The molecule has 0 aliphatic heterocycles. The molecule has 1 fully saturated rings. The fraction of sp³-hybridized carbons (Fsp3) is 0.444. The lowest BCUT2D eigenvalue weighted by atomic mass is 9.80. The van der Waals surface area contributed by atoms with Crippen LogP contribution in [0, 0.1) is 0 Å². The second kappa shape index (κ2) is 7.53. The number of rotatable bonds is 7. The Kier molecular flexibility index (Phi) is 5.20. The van der Waals surface area contributed by atoms with Crippen molar-refractivity contribution in [2.24, 2.45) is 5.73 Å². The first-order valence-electron chi connectivity index (χ1n) is 8.37. The monoisotopic (exact) mass is 311 g/mol. The summed E-state index contributed by atoms with van der Waals surface area (Å²) in [6.45, 7) is 4.60. The van der Waals surface area contributed by atoms with Gasteiger partial charge in [0, 0.05) is 25.0 Å². The molecule has 1 aromatic heterocycles. The molecule has 0 atom stereocenters. The first kappa shape index (κ1) is 15.9. The summed E-state index contributed by atoms with van der Waals surface area (Å²) in [5.74, 6) is 2.60. The number of aromatic nitrogens is 3. The predicted molar refractivity (Wildman–Crippen MR) is 92.8 cm³/mol. The van der Waals surface area contributed by atoms with E-state index in [0.29, 0.717) is 12.0 Å². The van der Waals surface area contributed by atoms with Gasteiger partial charge in [-0.1, -0.05) is 42.5 Å². The van der Waals surface area contributed by atoms with E-state index in [1.54, 1.807) is 0 Å². The van der Waals surface area contributed by atoms with Gasteiger partial charge in [-0.2, -0.15) is 0 Å². The van der Waals surface area contributed by atoms with Gasteiger partial charge in [-0.3, -0.25) is 0 Å². The Balaban J connectivity index is 1.51. The third-order valence-electron chi connectivity index (χ3n) is 4.37. The molecule has 1 heterocycles. The van der Waals surface area contributed by atoms with Gasteiger partial charge in [0.2, 0.25) is 0 Å². The summed E-state index contributed by atoms with van der Waals surface area (Å²) in [7, 11) is 0. The van der Waals surface area contributed by atoms with Gasteiger partial charge in [-0.15, -0.1) is 10.2 Å². The van der Waals surface area contributed by atoms with Crippen molar-refractivity contribution in [2.75, 3.05) is 6.54 Å². The van der Waals surface area contributed by atoms with Crippen molar-refractivity contribution in [3.8, 4) is 0 Å². The predicted octanol–water partition coefficient (Wildman–Crippen LogP) is 2.31. The van der Waals surface area contributed by atoms with Gasteiger partial charge in [0.15, 0.2) is 0 Å². The quantitative estimate of drug-likeness (QED) is 0.770. The molecule has 1 aliphatic rings. The van der Waals surface area contributed by atoms with Crippen molar-refractivity contribution in [3.63, 3.8) is 0 Å². The molecule has 0 spiro atoms. The Hall–Kier alpha value is -1.98. The van der Waals surface area contributed by atoms with Crippen LogP contribution in [0.4, 0.5) is 0 Å². The molecular weight excluding hydrogens is 286 g/mol. The maximum absolute atomic E-state index is 5.89. The fourth-order valence-corrected chi connectivity index (χ4v) is 3.03. The molecule has 3 N–H and O–H groups in total. The highest BCUT2D eigenvalue weighted by Gasteiger charge is 2.31. The number of nitrogens with one attached hydrogen (secondary N) is 1. The zero-order valence-corrected chi connectivity index (χ0v) is 13.7. The maximum atomic E-state index is 5.89. The minimum Gasteiger partial charge on any atom is -0.328 e. The molecule has 2 aromatic rings. The molecule has 5 nitrogen and oxygen atoms in total. The summed E-state index contributed by atoms with van der Waals surface area (Å²) in [4.78, 5) is 0. The summed E-state index contributed by atoms with van der Waals surface area (Å²) in [6, 6.07) is 10.7. The van der Waals surface area contributed by atoms with Crippen LogP contribution in [0.1, 0.15) is 42.9 Å². The van der Waals surface area contributed by atoms with Crippen molar-refractivity contribution < 1.29 is 0 Å². The van der Waals surface area contributed by atoms with E-state index in [-0.39, 0.29) is 0 Å². The molecule has 0 bridgehead atoms. The van der Waals surface area contributed by atoms with Crippen molar-refractivity contribution in [2.45, 2.75) is 44.8 Å². The third kappa shape index (κ3) is 3.86. The number of nitrogens with zero attached hydrogens (tertiary/aromatic N) is 3. The molecule has 0 amide bonds. The summed E-state index contributed by atoms with van der Waals surface area (Å²) in [5, 5.41) is 12.2. The third-order valence-corrected chi connectivity index (χ3v) is 4.37. The van der Waals surface area contributed by atoms with Crippen LogP contribution in [0.25, 0.3) is 6.08 Å². The molecule has 23 heavy (non-hydrogen) atoms. The lowest BCUT2D eigenvalue weighted by molar-refractivity contribution is 0.328. The standard InChI is InChI=1S/C18H25N5/c1-2-23-17(21-22-18(23)15-11-16(19)12-15)13-20-10-6-9-14-7-4-3-5-8-14/h3-9,15-16,20H,2,10-13,19H2,1H3. The van der Waals surface area contributed by atoms with Gasteiger partial charge in [0.05, 0.1) is 6.54 Å². The van der Waals surface area contributed by atoms with Crippen LogP contribution in [0.3, 0.4) is 0 Å². The van der Waals surface area contributed by atoms with E-state index in [2.05, 4.69) is 51.3 Å². The second-order valence-electron chi connectivity index (χ2n) is 6.09. The van der Waals surface area contributed by atoms with Crippen molar-refractivity contribution in [3.05, 3.63) is 53.6 Å². The van der Waals surface area contributed by atoms with E-state index in [1.165, 1.54) is 5.56 Å². The minimum absolute atomic E-state index is 0.340. The smallest absolute Gasteiger partial charge is 0.147 e. The highest BCUT2D eigenvalue weighted by Crippen LogP contribution is 2.34. The van der Waals surface area contributed by atoms with Gasteiger partial charge < -0.3 is 15.6 Å². The summed E-state index contributed by atoms with van der Waals surface area (Å²) in [6.07, 6.45) is 6.32. The Morgan fingerprint density at radius 2 is 2.04 bits per heavy atom. The van der Waals surface area contributed by atoms with Crippen LogP contribution < -0.4 is 11.1 Å². The molecule has 3 rings (SSSR count). The molecular formula is C18H25N5. The SMILES string of the molecule is CCn1c(CNCC=Cc2ccccc2)nnc1C1CC(N)C1. The van der Waals surface area contributed by atoms with E-state index in [0.717, 1.165) is 44.1 Å². The molecule has 0 radical (unpaired) electrons. The van der Waals surface area contributed by atoms with Gasteiger partial charge in [0.1, 0.15) is 11.6 Å². The van der Waals surface area contributed by atoms with Crippen LogP contribution in [-0.4, -0.2) is 27.4 Å². The molecule has 1 aromatic carbocycles. The van der Waals surface area contributed by atoms with Crippen LogP contribution in [0.5, 0.6) is 0 Å². The number of hydrogen-bond acceptors (Lipinski definition) is 4. The van der Waals surface area contributed by atoms with Gasteiger partial charge >= 0.3 is 0 Å². The molecule has 1 saturated carbocycles. The summed E-state index contributed by atoms with van der Waals surface area (Å²) < 4.78 is 2.23. The van der Waals surface area contributed by atoms with E-state index in [1.807, 2.05) is 18.2 Å². The Labute approximate surface area is 137 Å². The molecule has 0 saturated heterocycles. The first-order chi connectivity index (χ1) is 11.3. The van der Waals surface area contributed by atoms with Crippen molar-refractivity contribution in [1.29, 1.82) is 0 Å². The van der Waals surface area contributed by atoms with E-state index in [9.17, 15) is 0 Å². The van der Waals surface area contributed by atoms with E-state index < -0.39 is 0 Å². The minimum atomic E-state index is 0.340. The molecule has 1 aliphatic carbocycles. The second-order valence-corrected chi connectivity index (χ2v) is 6.09. The highest BCUT2D eigenvalue weighted by atomic mass is 15.3. The summed E-state index contributed by atoms with van der Waals surface area (Å²) in [5.41, 5.74) is 7.11. The molecule has 5 heteroatoms. The average Bonchev–Trinajstić information content (AvgIpc) is 2.95. The van der Waals surface area contributed by atoms with Crippen LogP contribution >= 0.6 is 0 Å².